The molecule has 7 heteroatoms. The van der Waals surface area contributed by atoms with Crippen LogP contribution in [0.1, 0.15) is 28.4 Å². The zero-order chi connectivity index (χ0) is 18.8. The van der Waals surface area contributed by atoms with Crippen LogP contribution < -0.4 is 9.47 Å². The Morgan fingerprint density at radius 3 is 2.56 bits per heavy atom. The summed E-state index contributed by atoms with van der Waals surface area (Å²) in [6, 6.07) is 14.8. The van der Waals surface area contributed by atoms with Gasteiger partial charge >= 0.3 is 0 Å². The molecular weight excluding hydrogens is 382 g/mol. The number of methoxy groups -OCH3 is 2. The number of fused-ring (bicyclic) bond motifs is 1. The number of hydrogen-bond donors (Lipinski definition) is 0. The Bertz CT molecular complexity index is 932. The monoisotopic (exact) mass is 401 g/mol. The van der Waals surface area contributed by atoms with Crippen molar-refractivity contribution in [2.75, 3.05) is 20.8 Å². The van der Waals surface area contributed by atoms with Gasteiger partial charge in [-0.3, -0.25) is 4.90 Å². The van der Waals surface area contributed by atoms with Crippen LogP contribution in [0.15, 0.2) is 42.5 Å². The molecular formula is C20H20ClN3O2S. The number of benzene rings is 2. The lowest BCUT2D eigenvalue weighted by Gasteiger charge is -2.37. The third kappa shape index (κ3) is 3.52. The van der Waals surface area contributed by atoms with E-state index < -0.39 is 0 Å². The van der Waals surface area contributed by atoms with Crippen LogP contribution in [0, 0.1) is 0 Å². The predicted octanol–water partition coefficient (Wildman–Crippen LogP) is 4.36. The van der Waals surface area contributed by atoms with Crippen molar-refractivity contribution in [3.8, 4) is 11.5 Å². The molecule has 4 rings (SSSR count). The van der Waals surface area contributed by atoms with Gasteiger partial charge in [-0.05, 0) is 35.2 Å². The van der Waals surface area contributed by atoms with E-state index in [0.29, 0.717) is 10.9 Å². The summed E-state index contributed by atoms with van der Waals surface area (Å²) < 4.78 is 15.7. The quantitative estimate of drug-likeness (QED) is 0.635. The van der Waals surface area contributed by atoms with Gasteiger partial charge in [0.2, 0.25) is 0 Å². The molecule has 1 aromatic heterocycles. The van der Waals surface area contributed by atoms with Gasteiger partial charge < -0.3 is 9.47 Å². The van der Waals surface area contributed by atoms with Crippen molar-refractivity contribution in [2.45, 2.75) is 19.0 Å². The minimum absolute atomic E-state index is 0.0903. The lowest BCUT2D eigenvalue weighted by atomic mass is 9.87. The standard InChI is InChI=1S/C20H20ClN3O2S/c1-25-17-10-14-8-9-24(12-16-20(21)27-23-22-16)19(13-6-4-3-5-7-13)15(14)11-18(17)26-2/h3-7,10-11,19H,8-9,12H2,1-2H3/t19-/m1/s1. The Morgan fingerprint density at radius 1 is 1.15 bits per heavy atom. The second-order valence-electron chi connectivity index (χ2n) is 6.43. The fourth-order valence-corrected chi connectivity index (χ4v) is 4.29. The van der Waals surface area contributed by atoms with E-state index in [2.05, 4.69) is 50.9 Å². The van der Waals surface area contributed by atoms with Crippen LogP contribution in [-0.2, 0) is 13.0 Å². The number of halogens is 1. The van der Waals surface area contributed by atoms with Gasteiger partial charge in [0.25, 0.3) is 0 Å². The Kier molecular flexibility index (Phi) is 5.29. The molecule has 1 aliphatic heterocycles. The van der Waals surface area contributed by atoms with E-state index in [9.17, 15) is 0 Å². The van der Waals surface area contributed by atoms with Crippen molar-refractivity contribution in [1.82, 2.24) is 14.5 Å². The topological polar surface area (TPSA) is 47.5 Å². The van der Waals surface area contributed by atoms with Gasteiger partial charge in [-0.15, -0.1) is 5.10 Å². The Balaban J connectivity index is 1.80. The first kappa shape index (κ1) is 18.2. The van der Waals surface area contributed by atoms with Crippen LogP contribution in [0.2, 0.25) is 4.34 Å². The van der Waals surface area contributed by atoms with Crippen molar-refractivity contribution in [3.63, 3.8) is 0 Å². The molecule has 3 aromatic rings. The summed E-state index contributed by atoms with van der Waals surface area (Å²) in [5.41, 5.74) is 4.56. The van der Waals surface area contributed by atoms with Crippen molar-refractivity contribution < 1.29 is 9.47 Å². The first-order valence-electron chi connectivity index (χ1n) is 8.71. The lowest BCUT2D eigenvalue weighted by Crippen LogP contribution is -2.36. The molecule has 0 N–H and O–H groups in total. The molecule has 1 aliphatic rings. The van der Waals surface area contributed by atoms with E-state index in [0.717, 1.165) is 30.2 Å². The predicted molar refractivity (Wildman–Crippen MR) is 107 cm³/mol. The van der Waals surface area contributed by atoms with E-state index in [1.54, 1.807) is 14.2 Å². The second-order valence-corrected chi connectivity index (χ2v) is 7.79. The number of nitrogens with zero attached hydrogens (tertiary/aromatic N) is 3. The molecule has 0 bridgehead atoms. The Labute approximate surface area is 167 Å². The molecule has 140 valence electrons. The molecule has 27 heavy (non-hydrogen) atoms. The van der Waals surface area contributed by atoms with Crippen molar-refractivity contribution in [1.29, 1.82) is 0 Å². The number of rotatable bonds is 5. The zero-order valence-electron chi connectivity index (χ0n) is 15.2. The van der Waals surface area contributed by atoms with Crippen LogP contribution in [0.5, 0.6) is 11.5 Å². The third-order valence-corrected chi connectivity index (χ3v) is 5.94. The van der Waals surface area contributed by atoms with Crippen LogP contribution in [0.4, 0.5) is 0 Å². The molecule has 0 spiro atoms. The maximum atomic E-state index is 6.27. The van der Waals surface area contributed by atoms with Gasteiger partial charge in [0.05, 0.1) is 20.3 Å². The van der Waals surface area contributed by atoms with E-state index in [-0.39, 0.29) is 6.04 Å². The summed E-state index contributed by atoms with van der Waals surface area (Å²) in [6.07, 6.45) is 0.925. The van der Waals surface area contributed by atoms with E-state index in [1.807, 2.05) is 6.07 Å². The highest BCUT2D eigenvalue weighted by Crippen LogP contribution is 2.41. The van der Waals surface area contributed by atoms with Gasteiger partial charge in [0.15, 0.2) is 11.5 Å². The van der Waals surface area contributed by atoms with Gasteiger partial charge in [0.1, 0.15) is 10.0 Å². The normalized spacial score (nSPS) is 16.8. The highest BCUT2D eigenvalue weighted by molar-refractivity contribution is 7.10. The van der Waals surface area contributed by atoms with Gasteiger partial charge in [0, 0.05) is 24.6 Å². The molecule has 5 nitrogen and oxygen atoms in total. The summed E-state index contributed by atoms with van der Waals surface area (Å²) in [4.78, 5) is 2.40. The van der Waals surface area contributed by atoms with Crippen molar-refractivity contribution in [3.05, 3.63) is 69.2 Å². The molecule has 0 fully saturated rings. The second kappa shape index (κ2) is 7.84. The maximum Gasteiger partial charge on any atom is 0.161 e. The van der Waals surface area contributed by atoms with Crippen molar-refractivity contribution >= 4 is 23.1 Å². The molecule has 2 heterocycles. The highest BCUT2D eigenvalue weighted by Gasteiger charge is 2.31. The molecule has 0 unspecified atom stereocenters. The fraction of sp³-hybridized carbons (Fsp3) is 0.300. The van der Waals surface area contributed by atoms with Crippen LogP contribution in [0.3, 0.4) is 0 Å². The largest absolute Gasteiger partial charge is 0.493 e. The lowest BCUT2D eigenvalue weighted by molar-refractivity contribution is 0.201. The van der Waals surface area contributed by atoms with E-state index in [4.69, 9.17) is 21.1 Å². The SMILES string of the molecule is COc1cc2c(cc1OC)[C@@H](c1ccccc1)N(Cc1nnsc1Cl)CC2. The Morgan fingerprint density at radius 2 is 1.89 bits per heavy atom. The zero-order valence-corrected chi connectivity index (χ0v) is 16.8. The molecule has 0 saturated heterocycles. The summed E-state index contributed by atoms with van der Waals surface area (Å²) >= 11 is 7.50. The molecule has 0 amide bonds. The molecule has 0 saturated carbocycles. The van der Waals surface area contributed by atoms with Gasteiger partial charge in [-0.25, -0.2) is 0 Å². The van der Waals surface area contributed by atoms with Crippen molar-refractivity contribution in [2.24, 2.45) is 0 Å². The van der Waals surface area contributed by atoms with Gasteiger partial charge in [-0.2, -0.15) is 0 Å². The van der Waals surface area contributed by atoms with E-state index in [1.165, 1.54) is 28.2 Å². The van der Waals surface area contributed by atoms with Gasteiger partial charge in [-0.1, -0.05) is 46.4 Å². The summed E-state index contributed by atoms with van der Waals surface area (Å²) in [7, 11) is 3.34. The Hall–Kier alpha value is -2.15. The molecule has 1 atom stereocenters. The summed E-state index contributed by atoms with van der Waals surface area (Å²) in [5, 5.41) is 4.21. The molecule has 0 radical (unpaired) electrons. The average molecular weight is 402 g/mol. The number of hydrogen-bond acceptors (Lipinski definition) is 6. The first-order chi connectivity index (χ1) is 13.2. The maximum absolute atomic E-state index is 6.27. The fourth-order valence-electron chi connectivity index (χ4n) is 3.68. The van der Waals surface area contributed by atoms with E-state index >= 15 is 0 Å². The molecule has 0 aliphatic carbocycles. The summed E-state index contributed by atoms with van der Waals surface area (Å²) in [6.45, 7) is 1.55. The highest BCUT2D eigenvalue weighted by atomic mass is 35.5. The minimum Gasteiger partial charge on any atom is -0.493 e. The average Bonchev–Trinajstić information content (AvgIpc) is 3.11. The number of ether oxygens (including phenoxy) is 2. The summed E-state index contributed by atoms with van der Waals surface area (Å²) in [5.74, 6) is 1.51. The first-order valence-corrected chi connectivity index (χ1v) is 9.87. The van der Waals surface area contributed by atoms with Crippen LogP contribution in [-0.4, -0.2) is 35.3 Å². The van der Waals surface area contributed by atoms with Crippen LogP contribution >= 0.6 is 23.1 Å². The van der Waals surface area contributed by atoms with Crippen LogP contribution in [0.25, 0.3) is 0 Å². The minimum atomic E-state index is 0.0903. The number of aromatic nitrogens is 2. The smallest absolute Gasteiger partial charge is 0.161 e. The molecule has 2 aromatic carbocycles. The third-order valence-electron chi connectivity index (χ3n) is 4.95.